The van der Waals surface area contributed by atoms with Crippen molar-refractivity contribution in [2.24, 2.45) is 0 Å². The summed E-state index contributed by atoms with van der Waals surface area (Å²) in [6.45, 7) is 3.56. The first-order valence-electron chi connectivity index (χ1n) is 10.2. The summed E-state index contributed by atoms with van der Waals surface area (Å²) in [5.74, 6) is 1.24. The summed E-state index contributed by atoms with van der Waals surface area (Å²) in [7, 11) is 1.43. The van der Waals surface area contributed by atoms with E-state index in [1.54, 1.807) is 13.2 Å². The minimum Gasteiger partial charge on any atom is -0.495 e. The van der Waals surface area contributed by atoms with Gasteiger partial charge in [-0.25, -0.2) is 0 Å². The number of benzene rings is 2. The first-order chi connectivity index (χ1) is 16.4. The fourth-order valence-corrected chi connectivity index (χ4v) is 4.17. The number of aryl methyl sites for hydroxylation is 1. The van der Waals surface area contributed by atoms with Crippen LogP contribution < -0.4 is 10.1 Å². The number of rotatable bonds is 8. The average Bonchev–Trinajstić information content (AvgIpc) is 3.44. The molecule has 1 unspecified atom stereocenters. The third kappa shape index (κ3) is 4.64. The number of nitrogens with one attached hydrogen (secondary N) is 1. The number of nitro groups is 1. The van der Waals surface area contributed by atoms with Gasteiger partial charge in [0, 0.05) is 17.8 Å². The zero-order chi connectivity index (χ0) is 24.2. The van der Waals surface area contributed by atoms with Crippen LogP contribution in [-0.4, -0.2) is 38.0 Å². The maximum Gasteiger partial charge on any atom is 0.271 e. The summed E-state index contributed by atoms with van der Waals surface area (Å²) < 4.78 is 12.5. The molecule has 0 saturated heterocycles. The average molecular weight is 480 g/mol. The minimum absolute atomic E-state index is 0.152. The molecule has 0 aliphatic rings. The van der Waals surface area contributed by atoms with Crippen molar-refractivity contribution >= 4 is 29.0 Å². The van der Waals surface area contributed by atoms with Gasteiger partial charge in [-0.1, -0.05) is 30.0 Å². The van der Waals surface area contributed by atoms with Gasteiger partial charge in [0.2, 0.25) is 5.91 Å². The maximum absolute atomic E-state index is 13.0. The molecule has 0 radical (unpaired) electrons. The lowest BCUT2D eigenvalue weighted by Crippen LogP contribution is -2.23. The lowest BCUT2D eigenvalue weighted by Gasteiger charge is -2.15. The number of furan rings is 1. The van der Waals surface area contributed by atoms with Crippen LogP contribution in [0.5, 0.6) is 5.75 Å². The topological polar surface area (TPSA) is 125 Å². The molecule has 1 atom stereocenters. The van der Waals surface area contributed by atoms with E-state index < -0.39 is 10.2 Å². The molecule has 1 N–H and O–H groups in total. The fourth-order valence-electron chi connectivity index (χ4n) is 3.30. The van der Waals surface area contributed by atoms with Crippen LogP contribution in [0.2, 0.25) is 0 Å². The lowest BCUT2D eigenvalue weighted by molar-refractivity contribution is -0.384. The zero-order valence-corrected chi connectivity index (χ0v) is 19.4. The summed E-state index contributed by atoms with van der Waals surface area (Å²) in [4.78, 5) is 23.6. The van der Waals surface area contributed by atoms with E-state index in [0.717, 1.165) is 11.3 Å². The molecule has 2 heterocycles. The molecule has 11 heteroatoms. The second-order valence-corrected chi connectivity index (χ2v) is 8.57. The summed E-state index contributed by atoms with van der Waals surface area (Å²) in [5, 5.41) is 22.4. The van der Waals surface area contributed by atoms with E-state index in [0.29, 0.717) is 22.5 Å². The number of anilines is 1. The predicted octanol–water partition coefficient (Wildman–Crippen LogP) is 4.87. The number of nitrogens with zero attached hydrogens (tertiary/aromatic N) is 4. The second-order valence-electron chi connectivity index (χ2n) is 7.26. The Morgan fingerprint density at radius 1 is 1.21 bits per heavy atom. The largest absolute Gasteiger partial charge is 0.495 e. The molecule has 4 aromatic rings. The van der Waals surface area contributed by atoms with Crippen LogP contribution in [-0.2, 0) is 4.79 Å². The second kappa shape index (κ2) is 9.79. The standard InChI is InChI=1S/C23H21N5O5S/c1-14-18(11-12-33-14)21-25-26-23(27(21)16-7-5-4-6-8-16)34-15(2)22(29)24-19-13-17(28(30)31)9-10-20(19)32-3/h4-13,15H,1-3H3,(H,24,29). The number of hydrogen-bond acceptors (Lipinski definition) is 8. The number of nitro benzene ring substituents is 1. The third-order valence-corrected chi connectivity index (χ3v) is 6.09. The van der Waals surface area contributed by atoms with Gasteiger partial charge >= 0.3 is 0 Å². The maximum atomic E-state index is 13.0. The van der Waals surface area contributed by atoms with E-state index >= 15 is 0 Å². The highest BCUT2D eigenvalue weighted by molar-refractivity contribution is 8.00. The Bertz CT molecular complexity index is 1330. The van der Waals surface area contributed by atoms with Gasteiger partial charge in [0.1, 0.15) is 11.5 Å². The SMILES string of the molecule is COc1ccc([N+](=O)[O-])cc1NC(=O)C(C)Sc1nnc(-c2ccoc2C)n1-c1ccccc1. The molecule has 10 nitrogen and oxygen atoms in total. The van der Waals surface area contributed by atoms with E-state index in [1.165, 1.54) is 37.1 Å². The summed E-state index contributed by atoms with van der Waals surface area (Å²) in [6, 6.07) is 15.4. The minimum atomic E-state index is -0.603. The molecule has 0 fully saturated rings. The van der Waals surface area contributed by atoms with E-state index in [9.17, 15) is 14.9 Å². The predicted molar refractivity (Wildman–Crippen MR) is 127 cm³/mol. The highest BCUT2D eigenvalue weighted by atomic mass is 32.2. The Hall–Kier alpha value is -4.12. The Labute approximate surface area is 199 Å². The Morgan fingerprint density at radius 3 is 2.62 bits per heavy atom. The van der Waals surface area contributed by atoms with Gasteiger partial charge in [0.15, 0.2) is 11.0 Å². The Balaban J connectivity index is 1.63. The Morgan fingerprint density at radius 2 is 1.97 bits per heavy atom. The van der Waals surface area contributed by atoms with Crippen molar-refractivity contribution in [2.45, 2.75) is 24.3 Å². The van der Waals surface area contributed by atoms with E-state index in [4.69, 9.17) is 9.15 Å². The molecule has 4 rings (SSSR count). The molecular formula is C23H21N5O5S. The number of non-ortho nitro benzene ring substituents is 1. The van der Waals surface area contributed by atoms with Crippen LogP contribution in [0.1, 0.15) is 12.7 Å². The van der Waals surface area contributed by atoms with Crippen LogP contribution in [0.25, 0.3) is 17.1 Å². The number of hydrogen-bond donors (Lipinski definition) is 1. The summed E-state index contributed by atoms with van der Waals surface area (Å²) in [6.07, 6.45) is 1.59. The third-order valence-electron chi connectivity index (χ3n) is 5.05. The zero-order valence-electron chi connectivity index (χ0n) is 18.6. The molecule has 2 aromatic carbocycles. The first kappa shape index (κ1) is 23.1. The number of carbonyl (C=O) groups is 1. The van der Waals surface area contributed by atoms with Crippen molar-refractivity contribution in [3.63, 3.8) is 0 Å². The van der Waals surface area contributed by atoms with Gasteiger partial charge in [-0.3, -0.25) is 19.5 Å². The lowest BCUT2D eigenvalue weighted by atomic mass is 10.2. The van der Waals surface area contributed by atoms with Crippen molar-refractivity contribution in [1.82, 2.24) is 14.8 Å². The molecule has 0 spiro atoms. The number of methoxy groups -OCH3 is 1. The van der Waals surface area contributed by atoms with E-state index in [2.05, 4.69) is 15.5 Å². The molecule has 0 saturated carbocycles. The summed E-state index contributed by atoms with van der Waals surface area (Å²) in [5.41, 5.74) is 1.69. The number of thioether (sulfide) groups is 1. The van der Waals surface area contributed by atoms with Crippen LogP contribution in [0, 0.1) is 17.0 Å². The number of carbonyl (C=O) groups excluding carboxylic acids is 1. The van der Waals surface area contributed by atoms with Gasteiger partial charge in [0.25, 0.3) is 5.69 Å². The van der Waals surface area contributed by atoms with Crippen molar-refractivity contribution in [2.75, 3.05) is 12.4 Å². The molecule has 2 aromatic heterocycles. The number of aromatic nitrogens is 3. The molecule has 34 heavy (non-hydrogen) atoms. The van der Waals surface area contributed by atoms with Crippen molar-refractivity contribution in [3.8, 4) is 22.8 Å². The molecule has 0 aliphatic carbocycles. The van der Waals surface area contributed by atoms with Crippen molar-refractivity contribution in [1.29, 1.82) is 0 Å². The number of ether oxygens (including phenoxy) is 1. The van der Waals surface area contributed by atoms with Gasteiger partial charge in [-0.05, 0) is 38.1 Å². The quantitative estimate of drug-likeness (QED) is 0.215. The molecule has 1 amide bonds. The van der Waals surface area contributed by atoms with Gasteiger partial charge in [-0.15, -0.1) is 10.2 Å². The smallest absolute Gasteiger partial charge is 0.271 e. The van der Waals surface area contributed by atoms with E-state index in [1.807, 2.05) is 47.9 Å². The number of amides is 1. The Kier molecular flexibility index (Phi) is 6.64. The van der Waals surface area contributed by atoms with Crippen molar-refractivity contribution < 1.29 is 18.9 Å². The highest BCUT2D eigenvalue weighted by Gasteiger charge is 2.24. The van der Waals surface area contributed by atoms with Gasteiger partial charge in [0.05, 0.1) is 34.8 Å². The molecule has 174 valence electrons. The van der Waals surface area contributed by atoms with Crippen LogP contribution in [0.15, 0.2) is 70.4 Å². The first-order valence-corrected chi connectivity index (χ1v) is 11.1. The van der Waals surface area contributed by atoms with Gasteiger partial charge < -0.3 is 14.5 Å². The van der Waals surface area contributed by atoms with Crippen LogP contribution in [0.3, 0.4) is 0 Å². The molecule has 0 aliphatic heterocycles. The van der Waals surface area contributed by atoms with Crippen LogP contribution >= 0.6 is 11.8 Å². The summed E-state index contributed by atoms with van der Waals surface area (Å²) >= 11 is 1.21. The van der Waals surface area contributed by atoms with E-state index in [-0.39, 0.29) is 17.3 Å². The normalized spacial score (nSPS) is 11.7. The number of para-hydroxylation sites is 1. The monoisotopic (exact) mass is 479 g/mol. The van der Waals surface area contributed by atoms with Crippen molar-refractivity contribution in [3.05, 3.63) is 76.7 Å². The van der Waals surface area contributed by atoms with Gasteiger partial charge in [-0.2, -0.15) is 0 Å². The molecule has 0 bridgehead atoms. The highest BCUT2D eigenvalue weighted by Crippen LogP contribution is 2.33. The van der Waals surface area contributed by atoms with Crippen LogP contribution in [0.4, 0.5) is 11.4 Å². The molecular weight excluding hydrogens is 458 g/mol. The fraction of sp³-hybridized carbons (Fsp3) is 0.174.